The van der Waals surface area contributed by atoms with Gasteiger partial charge in [0.25, 0.3) is 0 Å². The molecule has 0 bridgehead atoms. The minimum Gasteiger partial charge on any atom is -0.467 e. The van der Waals surface area contributed by atoms with Crippen molar-refractivity contribution in [3.63, 3.8) is 0 Å². The summed E-state index contributed by atoms with van der Waals surface area (Å²) in [6.07, 6.45) is 0.795. The SMILES string of the molecule is COC(=O)C(CN1CCc2ccc(F)cc21)NC(C)=O. The number of carbonyl (C=O) groups excluding carboxylic acids is 2. The number of hydrogen-bond acceptors (Lipinski definition) is 4. The third-order valence-electron chi connectivity index (χ3n) is 3.31. The predicted octanol–water partition coefficient (Wildman–Crippen LogP) is 0.866. The van der Waals surface area contributed by atoms with Gasteiger partial charge in [-0.25, -0.2) is 9.18 Å². The van der Waals surface area contributed by atoms with E-state index in [9.17, 15) is 14.0 Å². The quantitative estimate of drug-likeness (QED) is 0.831. The van der Waals surface area contributed by atoms with Gasteiger partial charge in [0.05, 0.1) is 7.11 Å². The second kappa shape index (κ2) is 5.90. The van der Waals surface area contributed by atoms with Gasteiger partial charge in [-0.15, -0.1) is 0 Å². The molecule has 1 atom stereocenters. The van der Waals surface area contributed by atoms with Crippen LogP contribution in [0.15, 0.2) is 18.2 Å². The van der Waals surface area contributed by atoms with E-state index in [4.69, 9.17) is 0 Å². The van der Waals surface area contributed by atoms with Crippen LogP contribution in [-0.4, -0.2) is 38.1 Å². The Morgan fingerprint density at radius 2 is 2.25 bits per heavy atom. The smallest absolute Gasteiger partial charge is 0.330 e. The van der Waals surface area contributed by atoms with Crippen molar-refractivity contribution in [2.24, 2.45) is 0 Å². The lowest BCUT2D eigenvalue weighted by Gasteiger charge is -2.24. The fraction of sp³-hybridized carbons (Fsp3) is 0.429. The van der Waals surface area contributed by atoms with Crippen molar-refractivity contribution >= 4 is 17.6 Å². The number of methoxy groups -OCH3 is 1. The molecule has 1 aromatic rings. The Hall–Kier alpha value is -2.11. The van der Waals surface area contributed by atoms with Crippen LogP contribution in [0.3, 0.4) is 0 Å². The molecule has 2 rings (SSSR count). The van der Waals surface area contributed by atoms with Crippen LogP contribution in [0.1, 0.15) is 12.5 Å². The fourth-order valence-electron chi connectivity index (χ4n) is 2.40. The second-order valence-corrected chi connectivity index (χ2v) is 4.75. The van der Waals surface area contributed by atoms with Crippen molar-refractivity contribution in [2.75, 3.05) is 25.1 Å². The number of carbonyl (C=O) groups is 2. The van der Waals surface area contributed by atoms with Gasteiger partial charge in [0.1, 0.15) is 11.9 Å². The summed E-state index contributed by atoms with van der Waals surface area (Å²) < 4.78 is 18.0. The van der Waals surface area contributed by atoms with Crippen molar-refractivity contribution in [3.05, 3.63) is 29.6 Å². The van der Waals surface area contributed by atoms with E-state index in [1.165, 1.54) is 26.2 Å². The van der Waals surface area contributed by atoms with Crippen molar-refractivity contribution in [1.29, 1.82) is 0 Å². The number of amides is 1. The first-order chi connectivity index (χ1) is 9.51. The highest BCUT2D eigenvalue weighted by Gasteiger charge is 2.27. The highest BCUT2D eigenvalue weighted by molar-refractivity contribution is 5.84. The number of ether oxygens (including phenoxy) is 1. The highest BCUT2D eigenvalue weighted by atomic mass is 19.1. The standard InChI is InChI=1S/C14H17FN2O3/c1-9(18)16-12(14(19)20-2)8-17-6-5-10-3-4-11(15)7-13(10)17/h3-4,7,12H,5-6,8H2,1-2H3,(H,16,18). The lowest BCUT2D eigenvalue weighted by molar-refractivity contribution is -0.144. The third kappa shape index (κ3) is 3.07. The van der Waals surface area contributed by atoms with Gasteiger partial charge in [-0.1, -0.05) is 6.07 Å². The Balaban J connectivity index is 2.15. The summed E-state index contributed by atoms with van der Waals surface area (Å²) in [4.78, 5) is 24.7. The maximum absolute atomic E-state index is 13.3. The Labute approximate surface area is 116 Å². The zero-order valence-corrected chi connectivity index (χ0v) is 11.5. The largest absolute Gasteiger partial charge is 0.467 e. The van der Waals surface area contributed by atoms with Crippen LogP contribution in [-0.2, 0) is 20.7 Å². The average Bonchev–Trinajstić information content (AvgIpc) is 2.79. The van der Waals surface area contributed by atoms with Gasteiger partial charge < -0.3 is 15.0 Å². The Bertz CT molecular complexity index is 533. The summed E-state index contributed by atoms with van der Waals surface area (Å²) in [6, 6.07) is 3.86. The summed E-state index contributed by atoms with van der Waals surface area (Å²) in [6.45, 7) is 2.29. The molecule has 20 heavy (non-hydrogen) atoms. The molecule has 1 unspecified atom stereocenters. The second-order valence-electron chi connectivity index (χ2n) is 4.75. The number of benzene rings is 1. The Kier molecular flexibility index (Phi) is 4.22. The molecule has 5 nitrogen and oxygen atoms in total. The number of nitrogens with one attached hydrogen (secondary N) is 1. The average molecular weight is 280 g/mol. The minimum absolute atomic E-state index is 0.267. The van der Waals surface area contributed by atoms with Gasteiger partial charge in [-0.2, -0.15) is 0 Å². The van der Waals surface area contributed by atoms with E-state index in [2.05, 4.69) is 10.1 Å². The van der Waals surface area contributed by atoms with Crippen molar-refractivity contribution in [3.8, 4) is 0 Å². The first-order valence-corrected chi connectivity index (χ1v) is 6.39. The molecule has 108 valence electrons. The number of halogens is 1. The molecule has 0 fully saturated rings. The first-order valence-electron chi connectivity index (χ1n) is 6.39. The fourth-order valence-corrected chi connectivity index (χ4v) is 2.40. The molecule has 0 aromatic heterocycles. The highest BCUT2D eigenvalue weighted by Crippen LogP contribution is 2.28. The predicted molar refractivity (Wildman–Crippen MR) is 71.9 cm³/mol. The molecule has 0 saturated carbocycles. The van der Waals surface area contributed by atoms with Crippen molar-refractivity contribution < 1.29 is 18.7 Å². The van der Waals surface area contributed by atoms with Gasteiger partial charge in [-0.05, 0) is 24.1 Å². The van der Waals surface area contributed by atoms with E-state index in [0.717, 1.165) is 17.7 Å². The summed E-state index contributed by atoms with van der Waals surface area (Å²) in [7, 11) is 1.27. The normalized spacial score (nSPS) is 14.7. The number of hydrogen-bond donors (Lipinski definition) is 1. The molecular formula is C14H17FN2O3. The number of rotatable bonds is 4. The van der Waals surface area contributed by atoms with Gasteiger partial charge in [0, 0.05) is 25.7 Å². The van der Waals surface area contributed by atoms with Gasteiger partial charge in [0.2, 0.25) is 5.91 Å². The van der Waals surface area contributed by atoms with Crippen LogP contribution >= 0.6 is 0 Å². The van der Waals surface area contributed by atoms with Crippen LogP contribution in [0.25, 0.3) is 0 Å². The minimum atomic E-state index is -0.758. The number of esters is 1. The molecule has 0 aliphatic carbocycles. The van der Waals surface area contributed by atoms with Crippen LogP contribution in [0.5, 0.6) is 0 Å². The zero-order valence-electron chi connectivity index (χ0n) is 11.5. The van der Waals surface area contributed by atoms with E-state index in [-0.39, 0.29) is 18.3 Å². The van der Waals surface area contributed by atoms with Gasteiger partial charge in [0.15, 0.2) is 0 Å². The number of nitrogens with zero attached hydrogens (tertiary/aromatic N) is 1. The summed E-state index contributed by atoms with van der Waals surface area (Å²) in [5.41, 5.74) is 1.81. The van der Waals surface area contributed by atoms with Crippen LogP contribution in [0.2, 0.25) is 0 Å². The lowest BCUT2D eigenvalue weighted by Crippen LogP contribution is -2.48. The summed E-state index contributed by atoms with van der Waals surface area (Å²) in [5.74, 6) is -1.13. The maximum atomic E-state index is 13.3. The maximum Gasteiger partial charge on any atom is 0.330 e. The van der Waals surface area contributed by atoms with E-state index in [1.54, 1.807) is 6.07 Å². The molecule has 6 heteroatoms. The van der Waals surface area contributed by atoms with E-state index in [0.29, 0.717) is 6.54 Å². The van der Waals surface area contributed by atoms with Crippen molar-refractivity contribution in [1.82, 2.24) is 5.32 Å². The topological polar surface area (TPSA) is 58.6 Å². The van der Waals surface area contributed by atoms with E-state index < -0.39 is 12.0 Å². The van der Waals surface area contributed by atoms with Crippen molar-refractivity contribution in [2.45, 2.75) is 19.4 Å². The molecule has 1 heterocycles. The summed E-state index contributed by atoms with van der Waals surface area (Å²) >= 11 is 0. The van der Waals surface area contributed by atoms with E-state index >= 15 is 0 Å². The van der Waals surface area contributed by atoms with Crippen LogP contribution in [0.4, 0.5) is 10.1 Å². The Morgan fingerprint density at radius 1 is 1.50 bits per heavy atom. The number of fused-ring (bicyclic) bond motifs is 1. The Morgan fingerprint density at radius 3 is 2.90 bits per heavy atom. The number of anilines is 1. The molecule has 0 saturated heterocycles. The molecule has 1 aliphatic rings. The lowest BCUT2D eigenvalue weighted by atomic mass is 10.1. The molecule has 1 N–H and O–H groups in total. The van der Waals surface area contributed by atoms with E-state index in [1.807, 2.05) is 4.90 Å². The molecule has 0 spiro atoms. The molecule has 1 amide bonds. The monoisotopic (exact) mass is 280 g/mol. The van der Waals surface area contributed by atoms with Crippen LogP contribution in [0, 0.1) is 5.82 Å². The zero-order chi connectivity index (χ0) is 14.7. The van der Waals surface area contributed by atoms with Gasteiger partial charge in [-0.3, -0.25) is 4.79 Å². The summed E-state index contributed by atoms with van der Waals surface area (Å²) in [5, 5.41) is 2.55. The molecular weight excluding hydrogens is 263 g/mol. The van der Waals surface area contributed by atoms with Crippen LogP contribution < -0.4 is 10.2 Å². The third-order valence-corrected chi connectivity index (χ3v) is 3.31. The molecule has 1 aromatic carbocycles. The van der Waals surface area contributed by atoms with Gasteiger partial charge >= 0.3 is 5.97 Å². The molecule has 0 radical (unpaired) electrons. The molecule has 1 aliphatic heterocycles. The first kappa shape index (κ1) is 14.3.